The van der Waals surface area contributed by atoms with Gasteiger partial charge in [-0.05, 0) is 43.7 Å². The van der Waals surface area contributed by atoms with Crippen molar-refractivity contribution in [3.05, 3.63) is 52.1 Å². The van der Waals surface area contributed by atoms with Gasteiger partial charge < -0.3 is 20.4 Å². The highest BCUT2D eigenvalue weighted by Crippen LogP contribution is 2.34. The van der Waals surface area contributed by atoms with Crippen molar-refractivity contribution in [1.82, 2.24) is 10.3 Å². The second kappa shape index (κ2) is 7.06. The summed E-state index contributed by atoms with van der Waals surface area (Å²) in [5, 5.41) is 5.17. The fourth-order valence-corrected chi connectivity index (χ4v) is 3.02. The van der Waals surface area contributed by atoms with Crippen LogP contribution >= 0.6 is 0 Å². The third-order valence-electron chi connectivity index (χ3n) is 4.38. The zero-order chi connectivity index (χ0) is 19.7. The Hall–Kier alpha value is -3.42. The molecule has 0 saturated carbocycles. The number of ether oxygens (including phenoxy) is 1. The van der Waals surface area contributed by atoms with Crippen LogP contribution in [0.5, 0.6) is 0 Å². The molecule has 0 aliphatic carbocycles. The standard InChI is InChI=1S/C19H18FN3O4/c1-9-15(22-10(2)17(9)19(26)21-8-16(24)27-3)7-13-12-6-11(20)4-5-14(12)23-18(13)25/h4-7,22H,8H2,1-3H3,(H,21,26)(H,23,25)/b13-7-. The number of aromatic amines is 1. The Morgan fingerprint density at radius 3 is 2.74 bits per heavy atom. The third kappa shape index (κ3) is 3.46. The van der Waals surface area contributed by atoms with Crippen molar-refractivity contribution in [3.63, 3.8) is 0 Å². The van der Waals surface area contributed by atoms with Crippen molar-refractivity contribution < 1.29 is 23.5 Å². The normalized spacial score (nSPS) is 14.1. The number of H-pyrrole nitrogens is 1. The van der Waals surface area contributed by atoms with E-state index in [9.17, 15) is 18.8 Å². The number of rotatable bonds is 4. The van der Waals surface area contributed by atoms with Crippen LogP contribution in [0.4, 0.5) is 10.1 Å². The highest BCUT2D eigenvalue weighted by molar-refractivity contribution is 6.34. The van der Waals surface area contributed by atoms with Gasteiger partial charge >= 0.3 is 5.97 Å². The largest absolute Gasteiger partial charge is 0.468 e. The molecular formula is C19H18FN3O4. The van der Waals surface area contributed by atoms with E-state index in [4.69, 9.17) is 0 Å². The van der Waals surface area contributed by atoms with Gasteiger partial charge in [-0.25, -0.2) is 4.39 Å². The van der Waals surface area contributed by atoms with Crippen LogP contribution in [-0.4, -0.2) is 36.4 Å². The molecule has 0 atom stereocenters. The van der Waals surface area contributed by atoms with Crippen molar-refractivity contribution >= 4 is 35.1 Å². The Balaban J connectivity index is 1.95. The molecule has 0 bridgehead atoms. The van der Waals surface area contributed by atoms with E-state index in [0.717, 1.165) is 0 Å². The molecule has 1 aromatic carbocycles. The topological polar surface area (TPSA) is 100 Å². The van der Waals surface area contributed by atoms with Gasteiger partial charge in [0.25, 0.3) is 11.8 Å². The van der Waals surface area contributed by atoms with Gasteiger partial charge in [0.1, 0.15) is 12.4 Å². The van der Waals surface area contributed by atoms with Gasteiger partial charge in [-0.3, -0.25) is 14.4 Å². The number of aromatic nitrogens is 1. The summed E-state index contributed by atoms with van der Waals surface area (Å²) in [6.07, 6.45) is 1.58. The molecule has 1 aliphatic rings. The van der Waals surface area contributed by atoms with Crippen LogP contribution in [0, 0.1) is 19.7 Å². The van der Waals surface area contributed by atoms with E-state index in [2.05, 4.69) is 20.4 Å². The number of anilines is 1. The van der Waals surface area contributed by atoms with Crippen molar-refractivity contribution in [1.29, 1.82) is 0 Å². The van der Waals surface area contributed by atoms with Crippen LogP contribution in [-0.2, 0) is 14.3 Å². The number of esters is 1. The van der Waals surface area contributed by atoms with Crippen molar-refractivity contribution in [3.8, 4) is 0 Å². The first kappa shape index (κ1) is 18.4. The molecule has 0 radical (unpaired) electrons. The van der Waals surface area contributed by atoms with E-state index in [1.807, 2.05) is 0 Å². The van der Waals surface area contributed by atoms with E-state index in [0.29, 0.717) is 39.3 Å². The Morgan fingerprint density at radius 1 is 1.30 bits per heavy atom. The lowest BCUT2D eigenvalue weighted by atomic mass is 10.0. The smallest absolute Gasteiger partial charge is 0.325 e. The number of carbonyl (C=O) groups is 3. The summed E-state index contributed by atoms with van der Waals surface area (Å²) in [6, 6.07) is 4.06. The maximum atomic E-state index is 13.6. The Kier molecular flexibility index (Phi) is 4.81. The summed E-state index contributed by atoms with van der Waals surface area (Å²) in [6.45, 7) is 3.19. The number of methoxy groups -OCH3 is 1. The number of aryl methyl sites for hydroxylation is 1. The molecule has 7 nitrogen and oxygen atoms in total. The van der Waals surface area contributed by atoms with Crippen molar-refractivity contribution in [2.75, 3.05) is 19.0 Å². The van der Waals surface area contributed by atoms with E-state index >= 15 is 0 Å². The molecule has 8 heteroatoms. The minimum Gasteiger partial charge on any atom is -0.468 e. The minimum absolute atomic E-state index is 0.245. The fraction of sp³-hybridized carbons (Fsp3) is 0.211. The number of nitrogens with one attached hydrogen (secondary N) is 3. The van der Waals surface area contributed by atoms with E-state index in [-0.39, 0.29) is 12.5 Å². The number of amides is 2. The maximum absolute atomic E-state index is 13.6. The summed E-state index contributed by atoms with van der Waals surface area (Å²) in [7, 11) is 1.24. The molecular weight excluding hydrogens is 353 g/mol. The molecule has 1 aromatic heterocycles. The third-order valence-corrected chi connectivity index (χ3v) is 4.38. The van der Waals surface area contributed by atoms with Crippen LogP contribution in [0.15, 0.2) is 18.2 Å². The van der Waals surface area contributed by atoms with Crippen LogP contribution < -0.4 is 10.6 Å². The number of carbonyl (C=O) groups excluding carboxylic acids is 3. The Bertz CT molecular complexity index is 991. The van der Waals surface area contributed by atoms with Gasteiger partial charge in [0.15, 0.2) is 0 Å². The van der Waals surface area contributed by atoms with E-state index in [1.165, 1.54) is 25.3 Å². The molecule has 2 amide bonds. The number of hydrogen-bond donors (Lipinski definition) is 3. The van der Waals surface area contributed by atoms with Crippen LogP contribution in [0.1, 0.15) is 32.9 Å². The lowest BCUT2D eigenvalue weighted by Gasteiger charge is -2.04. The van der Waals surface area contributed by atoms with Gasteiger partial charge in [-0.1, -0.05) is 0 Å². The number of fused-ring (bicyclic) bond motifs is 1. The molecule has 1 aliphatic heterocycles. The average Bonchev–Trinajstić information content (AvgIpc) is 3.09. The summed E-state index contributed by atoms with van der Waals surface area (Å²) in [5.74, 6) is -1.78. The molecule has 2 aromatic rings. The van der Waals surface area contributed by atoms with Gasteiger partial charge in [-0.15, -0.1) is 0 Å². The summed E-state index contributed by atoms with van der Waals surface area (Å²) in [4.78, 5) is 38.9. The predicted octanol–water partition coefficient (Wildman–Crippen LogP) is 2.17. The maximum Gasteiger partial charge on any atom is 0.325 e. The zero-order valence-electron chi connectivity index (χ0n) is 15.0. The summed E-state index contributed by atoms with van der Waals surface area (Å²) in [5.41, 5.74) is 3.42. The second-order valence-corrected chi connectivity index (χ2v) is 6.12. The minimum atomic E-state index is -0.558. The summed E-state index contributed by atoms with van der Waals surface area (Å²) < 4.78 is 18.1. The lowest BCUT2D eigenvalue weighted by Crippen LogP contribution is -2.30. The highest BCUT2D eigenvalue weighted by Gasteiger charge is 2.26. The zero-order valence-corrected chi connectivity index (χ0v) is 15.0. The monoisotopic (exact) mass is 371 g/mol. The molecule has 3 rings (SSSR count). The molecule has 27 heavy (non-hydrogen) atoms. The lowest BCUT2D eigenvalue weighted by molar-refractivity contribution is -0.139. The van der Waals surface area contributed by atoms with Crippen LogP contribution in [0.2, 0.25) is 0 Å². The highest BCUT2D eigenvalue weighted by atomic mass is 19.1. The second-order valence-electron chi connectivity index (χ2n) is 6.12. The predicted molar refractivity (Wildman–Crippen MR) is 97.5 cm³/mol. The quantitative estimate of drug-likeness (QED) is 0.566. The molecule has 140 valence electrons. The number of hydrogen-bond acceptors (Lipinski definition) is 4. The van der Waals surface area contributed by atoms with E-state index < -0.39 is 17.7 Å². The van der Waals surface area contributed by atoms with Gasteiger partial charge in [0.2, 0.25) is 0 Å². The van der Waals surface area contributed by atoms with Crippen LogP contribution in [0.25, 0.3) is 11.6 Å². The first-order valence-corrected chi connectivity index (χ1v) is 8.19. The van der Waals surface area contributed by atoms with Crippen molar-refractivity contribution in [2.45, 2.75) is 13.8 Å². The molecule has 2 heterocycles. The number of halogens is 1. The Labute approximate surface area is 154 Å². The molecule has 0 unspecified atom stereocenters. The average molecular weight is 371 g/mol. The first-order chi connectivity index (χ1) is 12.8. The fourth-order valence-electron chi connectivity index (χ4n) is 3.02. The SMILES string of the molecule is COC(=O)CNC(=O)c1c(C)[nH]c(/C=C2\C(=O)Nc3ccc(F)cc32)c1C. The van der Waals surface area contributed by atoms with Crippen molar-refractivity contribution in [2.24, 2.45) is 0 Å². The summed E-state index contributed by atoms with van der Waals surface area (Å²) >= 11 is 0. The van der Waals surface area contributed by atoms with Crippen LogP contribution in [0.3, 0.4) is 0 Å². The van der Waals surface area contributed by atoms with Gasteiger partial charge in [0.05, 0.1) is 18.2 Å². The van der Waals surface area contributed by atoms with Gasteiger partial charge in [-0.2, -0.15) is 0 Å². The first-order valence-electron chi connectivity index (χ1n) is 8.19. The molecule has 0 spiro atoms. The van der Waals surface area contributed by atoms with Gasteiger partial charge in [0, 0.05) is 22.6 Å². The number of benzene rings is 1. The van der Waals surface area contributed by atoms with E-state index in [1.54, 1.807) is 19.9 Å². The Morgan fingerprint density at radius 2 is 2.04 bits per heavy atom. The molecule has 3 N–H and O–H groups in total. The molecule has 0 fully saturated rings. The molecule has 0 saturated heterocycles.